The highest BCUT2D eigenvalue weighted by atomic mass is 79.9. The molecular weight excluding hydrogens is 269 g/mol. The van der Waals surface area contributed by atoms with Crippen LogP contribution >= 0.6 is 15.9 Å². The Morgan fingerprint density at radius 1 is 1.60 bits per heavy atom. The van der Waals surface area contributed by atoms with Gasteiger partial charge in [-0.3, -0.25) is 0 Å². The number of hydrogen-bond acceptors (Lipinski definition) is 4. The van der Waals surface area contributed by atoms with Crippen LogP contribution in [0.4, 0.5) is 4.39 Å². The molecule has 0 aliphatic carbocycles. The highest BCUT2D eigenvalue weighted by Gasteiger charge is 2.16. The average molecular weight is 280 g/mol. The number of aromatic hydroxyl groups is 1. The molecule has 84 valence electrons. The molecule has 0 spiro atoms. The van der Waals surface area contributed by atoms with Crippen molar-refractivity contribution in [3.8, 4) is 11.5 Å². The van der Waals surface area contributed by atoms with Gasteiger partial charge < -0.3 is 14.7 Å². The van der Waals surface area contributed by atoms with E-state index in [1.54, 1.807) is 6.07 Å². The summed E-state index contributed by atoms with van der Waals surface area (Å²) in [4.78, 5) is 4.40. The van der Waals surface area contributed by atoms with Gasteiger partial charge in [0.2, 0.25) is 5.82 Å². The normalized spacial score (nSPS) is 10.4. The molecule has 0 aliphatic rings. The molecule has 0 atom stereocenters. The summed E-state index contributed by atoms with van der Waals surface area (Å²) in [5.74, 6) is 3.62. The number of ether oxygens (including phenoxy) is 1. The number of benzene rings is 1. The smallest absolute Gasteiger partial charge is 0.208 e. The summed E-state index contributed by atoms with van der Waals surface area (Å²) in [6.07, 6.45) is 0.398. The number of nitrogens with two attached hydrogens (primary N) is 1. The summed E-state index contributed by atoms with van der Waals surface area (Å²) < 4.78 is 18.6. The Balaban J connectivity index is 3.13. The molecule has 1 aromatic carbocycles. The lowest BCUT2D eigenvalue weighted by Gasteiger charge is -2.11. The van der Waals surface area contributed by atoms with Crippen LogP contribution in [-0.4, -0.2) is 18.8 Å². The lowest BCUT2D eigenvalue weighted by Crippen LogP contribution is -2.05. The first-order valence-corrected chi connectivity index (χ1v) is 4.96. The molecule has 0 bridgehead atoms. The lowest BCUT2D eigenvalue weighted by atomic mass is 10.1. The molecule has 3 N–H and O–H groups in total. The highest BCUT2D eigenvalue weighted by Crippen LogP contribution is 2.36. The maximum absolute atomic E-state index is 13.5. The van der Waals surface area contributed by atoms with Crippen molar-refractivity contribution >= 4 is 15.9 Å². The van der Waals surface area contributed by atoms with E-state index in [4.69, 9.17) is 10.6 Å². The molecule has 0 radical (unpaired) electrons. The largest absolute Gasteiger partial charge is 0.504 e. The van der Waals surface area contributed by atoms with Gasteiger partial charge in [0.05, 0.1) is 18.2 Å². The monoisotopic (exact) mass is 279 g/mol. The zero-order chi connectivity index (χ0) is 11.4. The molecule has 0 saturated carbocycles. The van der Waals surface area contributed by atoms with Crippen molar-refractivity contribution in [3.05, 3.63) is 21.9 Å². The van der Waals surface area contributed by atoms with E-state index in [9.17, 15) is 9.50 Å². The number of rotatable bonds is 4. The van der Waals surface area contributed by atoms with Crippen molar-refractivity contribution in [1.82, 2.24) is 0 Å². The second-order valence-electron chi connectivity index (χ2n) is 2.83. The third-order valence-corrected chi connectivity index (χ3v) is 2.52. The van der Waals surface area contributed by atoms with Crippen LogP contribution in [0.2, 0.25) is 0 Å². The van der Waals surface area contributed by atoms with Gasteiger partial charge in [-0.25, -0.2) is 5.90 Å². The maximum Gasteiger partial charge on any atom is 0.208 e. The average Bonchev–Trinajstić information content (AvgIpc) is 2.23. The van der Waals surface area contributed by atoms with Crippen LogP contribution in [0.1, 0.15) is 5.56 Å². The number of phenolic OH excluding ortho intramolecular Hbond substituents is 1. The summed E-state index contributed by atoms with van der Waals surface area (Å²) >= 11 is 3.03. The maximum atomic E-state index is 13.5. The molecule has 0 saturated heterocycles. The topological polar surface area (TPSA) is 64.7 Å². The highest BCUT2D eigenvalue weighted by molar-refractivity contribution is 9.10. The number of phenols is 1. The fourth-order valence-corrected chi connectivity index (χ4v) is 1.67. The van der Waals surface area contributed by atoms with Gasteiger partial charge in [-0.2, -0.15) is 4.39 Å². The molecule has 0 aromatic heterocycles. The Morgan fingerprint density at radius 3 is 2.80 bits per heavy atom. The first-order chi connectivity index (χ1) is 7.11. The first kappa shape index (κ1) is 12.2. The van der Waals surface area contributed by atoms with Crippen LogP contribution in [-0.2, 0) is 11.3 Å². The van der Waals surface area contributed by atoms with E-state index in [1.807, 2.05) is 0 Å². The third kappa shape index (κ3) is 2.58. The Hall–Kier alpha value is -0.850. The van der Waals surface area contributed by atoms with Gasteiger partial charge >= 0.3 is 0 Å². The van der Waals surface area contributed by atoms with E-state index < -0.39 is 11.6 Å². The molecule has 0 unspecified atom stereocenters. The standard InChI is InChI=1S/C9H11BrFNO3/c1-14-9-5(2-3-15-12)4-6(10)8(13)7(9)11/h4,13H,2-3,12H2,1H3. The molecular formula is C9H11BrFNO3. The van der Waals surface area contributed by atoms with Crippen LogP contribution in [0.3, 0.4) is 0 Å². The van der Waals surface area contributed by atoms with E-state index in [-0.39, 0.29) is 16.8 Å². The fraction of sp³-hybridized carbons (Fsp3) is 0.333. The Bertz CT molecular complexity index is 360. The summed E-state index contributed by atoms with van der Waals surface area (Å²) in [5, 5.41) is 9.31. The number of hydrogen-bond donors (Lipinski definition) is 2. The van der Waals surface area contributed by atoms with Gasteiger partial charge in [-0.15, -0.1) is 0 Å². The van der Waals surface area contributed by atoms with E-state index in [0.717, 1.165) is 0 Å². The summed E-state index contributed by atoms with van der Waals surface area (Å²) in [6, 6.07) is 1.57. The zero-order valence-electron chi connectivity index (χ0n) is 8.09. The lowest BCUT2D eigenvalue weighted by molar-refractivity contribution is 0.140. The van der Waals surface area contributed by atoms with Crippen molar-refractivity contribution < 1.29 is 19.1 Å². The Kier molecular flexibility index (Phi) is 4.31. The summed E-state index contributed by atoms with van der Waals surface area (Å²) in [5.41, 5.74) is 0.574. The van der Waals surface area contributed by atoms with E-state index >= 15 is 0 Å². The Labute approximate surface area is 94.9 Å². The van der Waals surface area contributed by atoms with Crippen molar-refractivity contribution in [1.29, 1.82) is 0 Å². The van der Waals surface area contributed by atoms with Gasteiger partial charge in [-0.1, -0.05) is 0 Å². The quantitative estimate of drug-likeness (QED) is 0.824. The van der Waals surface area contributed by atoms with Crippen LogP contribution < -0.4 is 10.6 Å². The van der Waals surface area contributed by atoms with Gasteiger partial charge in [0.15, 0.2) is 11.5 Å². The van der Waals surface area contributed by atoms with Crippen molar-refractivity contribution in [2.75, 3.05) is 13.7 Å². The Morgan fingerprint density at radius 2 is 2.27 bits per heavy atom. The zero-order valence-corrected chi connectivity index (χ0v) is 9.67. The molecule has 0 amide bonds. The van der Waals surface area contributed by atoms with Gasteiger partial charge in [-0.05, 0) is 22.0 Å². The molecule has 0 fully saturated rings. The predicted molar refractivity (Wildman–Crippen MR) is 56.2 cm³/mol. The molecule has 1 aromatic rings. The predicted octanol–water partition coefficient (Wildman–Crippen LogP) is 1.74. The fourth-order valence-electron chi connectivity index (χ4n) is 1.22. The minimum atomic E-state index is -0.793. The molecule has 1 rings (SSSR count). The van der Waals surface area contributed by atoms with Crippen molar-refractivity contribution in [2.24, 2.45) is 5.90 Å². The van der Waals surface area contributed by atoms with Crippen LogP contribution in [0.5, 0.6) is 11.5 Å². The van der Waals surface area contributed by atoms with Crippen LogP contribution in [0, 0.1) is 5.82 Å². The van der Waals surface area contributed by atoms with E-state index in [1.165, 1.54) is 7.11 Å². The number of methoxy groups -OCH3 is 1. The molecule has 0 heterocycles. The van der Waals surface area contributed by atoms with Crippen molar-refractivity contribution in [3.63, 3.8) is 0 Å². The van der Waals surface area contributed by atoms with Crippen LogP contribution in [0.25, 0.3) is 0 Å². The van der Waals surface area contributed by atoms with Gasteiger partial charge in [0.1, 0.15) is 0 Å². The molecule has 0 aliphatic heterocycles. The van der Waals surface area contributed by atoms with Gasteiger partial charge in [0, 0.05) is 12.0 Å². The SMILES string of the molecule is COc1c(CCON)cc(Br)c(O)c1F. The molecule has 4 nitrogen and oxygen atoms in total. The van der Waals surface area contributed by atoms with E-state index in [0.29, 0.717) is 12.0 Å². The second kappa shape index (κ2) is 5.29. The van der Waals surface area contributed by atoms with E-state index in [2.05, 4.69) is 20.8 Å². The molecule has 6 heteroatoms. The minimum absolute atomic E-state index is 0.00718. The second-order valence-corrected chi connectivity index (χ2v) is 3.69. The summed E-state index contributed by atoms with van der Waals surface area (Å²) in [6.45, 7) is 0.243. The van der Waals surface area contributed by atoms with Crippen LogP contribution in [0.15, 0.2) is 10.5 Å². The molecule has 15 heavy (non-hydrogen) atoms. The van der Waals surface area contributed by atoms with Crippen molar-refractivity contribution in [2.45, 2.75) is 6.42 Å². The third-order valence-electron chi connectivity index (χ3n) is 1.92. The summed E-state index contributed by atoms with van der Waals surface area (Å²) in [7, 11) is 1.33. The number of halogens is 2. The van der Waals surface area contributed by atoms with Gasteiger partial charge in [0.25, 0.3) is 0 Å². The first-order valence-electron chi connectivity index (χ1n) is 4.17. The minimum Gasteiger partial charge on any atom is -0.504 e.